The number of hydrogen-bond acceptors (Lipinski definition) is 5. The molecule has 0 fully saturated rings. The van der Waals surface area contributed by atoms with E-state index in [4.69, 9.17) is 0 Å². The lowest BCUT2D eigenvalue weighted by molar-refractivity contribution is 0.0167. The molecule has 0 spiro atoms. The summed E-state index contributed by atoms with van der Waals surface area (Å²) < 4.78 is 12.3. The van der Waals surface area contributed by atoms with Crippen LogP contribution in [0.1, 0.15) is 18.1 Å². The monoisotopic (exact) mass is 218 g/mol. The summed E-state index contributed by atoms with van der Waals surface area (Å²) in [5.74, 6) is 0.459. The maximum absolute atomic E-state index is 12.3. The van der Waals surface area contributed by atoms with E-state index >= 15 is 0 Å². The first-order chi connectivity index (χ1) is 6.65. The summed E-state index contributed by atoms with van der Waals surface area (Å²) >= 11 is 3.92. The number of aliphatic hydroxyl groups excluding tert-OH is 2. The quantitative estimate of drug-likeness (QED) is 0.503. The average molecular weight is 218 g/mol. The normalized spacial score (nSPS) is 15.1. The zero-order chi connectivity index (χ0) is 10.6. The van der Waals surface area contributed by atoms with Gasteiger partial charge in [0.2, 0.25) is 0 Å². The van der Waals surface area contributed by atoms with Crippen LogP contribution in [0.5, 0.6) is 0 Å². The molecule has 6 heteroatoms. The predicted octanol–water partition coefficient (Wildman–Crippen LogP) is 0.330. The van der Waals surface area contributed by atoms with Crippen molar-refractivity contribution in [1.29, 1.82) is 0 Å². The fourth-order valence-electron chi connectivity index (χ4n) is 0.987. The van der Waals surface area contributed by atoms with Crippen molar-refractivity contribution in [3.63, 3.8) is 0 Å². The molecule has 0 bridgehead atoms. The van der Waals surface area contributed by atoms with Gasteiger partial charge in [-0.25, -0.2) is 9.97 Å². The smallest absolute Gasteiger partial charge is 0.308 e. The Morgan fingerprint density at radius 3 is 2.43 bits per heavy atom. The molecule has 1 rings (SSSR count). The molecule has 78 valence electrons. The van der Waals surface area contributed by atoms with Crippen molar-refractivity contribution in [2.75, 3.05) is 5.75 Å². The minimum Gasteiger partial charge on any atom is -0.390 e. The molecule has 0 aliphatic carbocycles. The summed E-state index contributed by atoms with van der Waals surface area (Å²) in [5, 5.41) is 18.9. The average Bonchev–Trinajstić information content (AvgIpc) is 2.18. The summed E-state index contributed by atoms with van der Waals surface area (Å²) in [6, 6.07) is 0. The highest BCUT2D eigenvalue weighted by Crippen LogP contribution is 2.17. The molecule has 2 atom stereocenters. The number of nitrogens with zero attached hydrogens (tertiary/aromatic N) is 2. The first-order valence-corrected chi connectivity index (χ1v) is 4.73. The summed E-state index contributed by atoms with van der Waals surface area (Å²) in [6.07, 6.45) is -0.237. The van der Waals surface area contributed by atoms with Crippen molar-refractivity contribution in [3.8, 4) is 0 Å². The van der Waals surface area contributed by atoms with Crippen LogP contribution in [0.25, 0.3) is 0 Å². The molecule has 2 N–H and O–H groups in total. The fourth-order valence-corrected chi connectivity index (χ4v) is 1.25. The molecule has 2 unspecified atom stereocenters. The first-order valence-electron chi connectivity index (χ1n) is 4.09. The van der Waals surface area contributed by atoms with Crippen LogP contribution < -0.4 is 0 Å². The lowest BCUT2D eigenvalue weighted by Crippen LogP contribution is -2.19. The first kappa shape index (κ1) is 11.4. The molecule has 1 aromatic rings. The Labute approximate surface area is 86.2 Å². The van der Waals surface area contributed by atoms with E-state index in [0.717, 1.165) is 12.4 Å². The number of hydrogen-bond donors (Lipinski definition) is 3. The van der Waals surface area contributed by atoms with E-state index in [9.17, 15) is 14.6 Å². The molecule has 14 heavy (non-hydrogen) atoms. The van der Waals surface area contributed by atoms with Crippen molar-refractivity contribution in [2.45, 2.75) is 18.6 Å². The lowest BCUT2D eigenvalue weighted by Gasteiger charge is -2.16. The van der Waals surface area contributed by atoms with Crippen LogP contribution in [0.4, 0.5) is 4.39 Å². The van der Waals surface area contributed by atoms with Gasteiger partial charge in [-0.05, 0) is 12.2 Å². The van der Waals surface area contributed by atoms with Gasteiger partial charge in [-0.2, -0.15) is 17.0 Å². The maximum Gasteiger partial charge on any atom is 0.308 e. The Hall–Kier alpha value is -0.720. The molecule has 0 saturated carbocycles. The highest BCUT2D eigenvalue weighted by molar-refractivity contribution is 7.80. The van der Waals surface area contributed by atoms with E-state index in [1.807, 2.05) is 0 Å². The van der Waals surface area contributed by atoms with Gasteiger partial charge >= 0.3 is 6.08 Å². The van der Waals surface area contributed by atoms with Crippen LogP contribution in [0.3, 0.4) is 0 Å². The van der Waals surface area contributed by atoms with Gasteiger partial charge in [-0.3, -0.25) is 0 Å². The van der Waals surface area contributed by atoms with Crippen molar-refractivity contribution in [3.05, 3.63) is 24.0 Å². The van der Waals surface area contributed by atoms with Crippen LogP contribution in [-0.4, -0.2) is 32.0 Å². The Kier molecular flexibility index (Phi) is 4.24. The van der Waals surface area contributed by atoms with E-state index in [-0.39, 0.29) is 0 Å². The fraction of sp³-hybridized carbons (Fsp3) is 0.500. The second-order valence-electron chi connectivity index (χ2n) is 2.81. The van der Waals surface area contributed by atoms with Crippen molar-refractivity contribution in [2.24, 2.45) is 0 Å². The van der Waals surface area contributed by atoms with Gasteiger partial charge in [-0.1, -0.05) is 0 Å². The SMILES string of the molecule is OC(CCS)C(O)c1cnc(F)nc1. The number of halogens is 1. The Balaban J connectivity index is 2.68. The third-order valence-corrected chi connectivity index (χ3v) is 2.03. The van der Waals surface area contributed by atoms with Gasteiger partial charge in [-0.15, -0.1) is 0 Å². The zero-order valence-corrected chi connectivity index (χ0v) is 8.23. The molecule has 4 nitrogen and oxygen atoms in total. The number of thiol groups is 1. The van der Waals surface area contributed by atoms with Gasteiger partial charge in [0, 0.05) is 18.0 Å². The van der Waals surface area contributed by atoms with Crippen molar-refractivity contribution in [1.82, 2.24) is 9.97 Å². The van der Waals surface area contributed by atoms with E-state index in [1.54, 1.807) is 0 Å². The summed E-state index contributed by atoms with van der Waals surface area (Å²) in [4.78, 5) is 6.55. The van der Waals surface area contributed by atoms with E-state index < -0.39 is 18.3 Å². The standard InChI is InChI=1S/C8H11FN2O2S/c9-8-10-3-5(4-11-8)7(13)6(12)1-2-14/h3-4,6-7,12-14H,1-2H2. The van der Waals surface area contributed by atoms with Gasteiger partial charge in [0.05, 0.1) is 6.10 Å². The Morgan fingerprint density at radius 2 is 1.93 bits per heavy atom. The highest BCUT2D eigenvalue weighted by Gasteiger charge is 2.18. The lowest BCUT2D eigenvalue weighted by atomic mass is 10.1. The Morgan fingerprint density at radius 1 is 1.36 bits per heavy atom. The van der Waals surface area contributed by atoms with Crippen LogP contribution in [-0.2, 0) is 0 Å². The van der Waals surface area contributed by atoms with Crippen molar-refractivity contribution >= 4 is 12.6 Å². The van der Waals surface area contributed by atoms with Crippen LogP contribution in [0.15, 0.2) is 12.4 Å². The van der Waals surface area contributed by atoms with Crippen LogP contribution in [0.2, 0.25) is 0 Å². The summed E-state index contributed by atoms with van der Waals surface area (Å²) in [7, 11) is 0. The number of rotatable bonds is 4. The summed E-state index contributed by atoms with van der Waals surface area (Å²) in [5.41, 5.74) is 0.292. The van der Waals surface area contributed by atoms with E-state index in [1.165, 1.54) is 0 Å². The highest BCUT2D eigenvalue weighted by atomic mass is 32.1. The molecule has 1 heterocycles. The molecule has 0 amide bonds. The van der Waals surface area contributed by atoms with Gasteiger partial charge in [0.25, 0.3) is 0 Å². The maximum atomic E-state index is 12.3. The second kappa shape index (κ2) is 5.23. The molecular formula is C8H11FN2O2S. The molecule has 0 aliphatic rings. The number of aliphatic hydroxyl groups is 2. The number of aromatic nitrogens is 2. The minimum absolute atomic E-state index is 0.292. The predicted molar refractivity (Wildman–Crippen MR) is 51.4 cm³/mol. The molecular weight excluding hydrogens is 207 g/mol. The van der Waals surface area contributed by atoms with Crippen molar-refractivity contribution < 1.29 is 14.6 Å². The molecule has 0 radical (unpaired) electrons. The topological polar surface area (TPSA) is 66.2 Å². The zero-order valence-electron chi connectivity index (χ0n) is 7.34. The molecule has 0 aliphatic heterocycles. The second-order valence-corrected chi connectivity index (χ2v) is 3.26. The largest absolute Gasteiger partial charge is 0.390 e. The molecule has 1 aromatic heterocycles. The Bertz CT molecular complexity index is 283. The third-order valence-electron chi connectivity index (χ3n) is 1.77. The minimum atomic E-state index is -1.09. The third kappa shape index (κ3) is 2.90. The van der Waals surface area contributed by atoms with Gasteiger partial charge in [0.1, 0.15) is 6.10 Å². The van der Waals surface area contributed by atoms with Crippen LogP contribution >= 0.6 is 12.6 Å². The van der Waals surface area contributed by atoms with Crippen LogP contribution in [0, 0.1) is 6.08 Å². The van der Waals surface area contributed by atoms with E-state index in [2.05, 4.69) is 22.6 Å². The van der Waals surface area contributed by atoms with E-state index in [0.29, 0.717) is 17.7 Å². The van der Waals surface area contributed by atoms with Gasteiger partial charge < -0.3 is 10.2 Å². The summed E-state index contributed by atoms with van der Waals surface area (Å²) in [6.45, 7) is 0. The van der Waals surface area contributed by atoms with Gasteiger partial charge in [0.15, 0.2) is 0 Å². The molecule has 0 aromatic carbocycles. The molecule has 0 saturated heterocycles.